The molecule has 0 fully saturated rings. The molecule has 0 aliphatic rings. The zero-order valence-corrected chi connectivity index (χ0v) is 15.7. The van der Waals surface area contributed by atoms with Crippen molar-refractivity contribution >= 4 is 23.3 Å². The first-order chi connectivity index (χ1) is 12.2. The number of nitrogens with one attached hydrogen (secondary N) is 2. The standard InChI is InChI=1S/C20H24N2O4/c1-6-15-7-9-16(10-8-15)22-19(24)14(5)26-20(25)18-11(2)17(13(4)23)12(3)21-18/h7-10,14,21H,6H2,1-5H3,(H,22,24)/t14-/m0/s1. The van der Waals surface area contributed by atoms with Crippen molar-refractivity contribution in [1.82, 2.24) is 4.98 Å². The van der Waals surface area contributed by atoms with Crippen LogP contribution in [0.4, 0.5) is 5.69 Å². The number of ketones is 1. The Labute approximate surface area is 152 Å². The number of benzene rings is 1. The lowest BCUT2D eigenvalue weighted by molar-refractivity contribution is -0.123. The summed E-state index contributed by atoms with van der Waals surface area (Å²) in [4.78, 5) is 39.1. The van der Waals surface area contributed by atoms with Crippen molar-refractivity contribution in [3.63, 3.8) is 0 Å². The number of carbonyl (C=O) groups excluding carboxylic acids is 3. The second kappa shape index (κ2) is 7.99. The molecular formula is C20H24N2O4. The van der Waals surface area contributed by atoms with Crippen LogP contribution in [0.1, 0.15) is 58.4 Å². The Kier molecular flexibility index (Phi) is 5.97. The van der Waals surface area contributed by atoms with E-state index in [-0.39, 0.29) is 11.5 Å². The zero-order chi connectivity index (χ0) is 19.4. The van der Waals surface area contributed by atoms with Crippen LogP contribution in [-0.2, 0) is 16.0 Å². The predicted molar refractivity (Wildman–Crippen MR) is 99.6 cm³/mol. The second-order valence-electron chi connectivity index (χ2n) is 6.27. The Morgan fingerprint density at radius 3 is 2.27 bits per heavy atom. The normalized spacial score (nSPS) is 11.7. The smallest absolute Gasteiger partial charge is 0.355 e. The third kappa shape index (κ3) is 4.20. The fraction of sp³-hybridized carbons (Fsp3) is 0.350. The van der Waals surface area contributed by atoms with E-state index in [1.807, 2.05) is 24.3 Å². The molecule has 1 atom stereocenters. The molecule has 0 saturated carbocycles. The van der Waals surface area contributed by atoms with Gasteiger partial charge in [-0.25, -0.2) is 4.79 Å². The van der Waals surface area contributed by atoms with Crippen molar-refractivity contribution in [2.45, 2.75) is 47.1 Å². The lowest BCUT2D eigenvalue weighted by Gasteiger charge is -2.13. The molecule has 2 aromatic rings. The zero-order valence-electron chi connectivity index (χ0n) is 15.7. The molecule has 1 aromatic heterocycles. The van der Waals surface area contributed by atoms with Gasteiger partial charge in [0.25, 0.3) is 5.91 Å². The lowest BCUT2D eigenvalue weighted by atomic mass is 10.1. The average molecular weight is 356 g/mol. The molecule has 0 saturated heterocycles. The summed E-state index contributed by atoms with van der Waals surface area (Å²) in [6.45, 7) is 8.40. The number of hydrogen-bond acceptors (Lipinski definition) is 4. The van der Waals surface area contributed by atoms with E-state index in [1.165, 1.54) is 19.4 Å². The molecule has 0 unspecified atom stereocenters. The number of Topliss-reactive ketones (excluding diaryl/α,β-unsaturated/α-hetero) is 1. The summed E-state index contributed by atoms with van der Waals surface area (Å²) in [6, 6.07) is 7.48. The molecule has 0 aliphatic heterocycles. The Morgan fingerprint density at radius 1 is 1.15 bits per heavy atom. The highest BCUT2D eigenvalue weighted by Crippen LogP contribution is 2.20. The topological polar surface area (TPSA) is 88.3 Å². The minimum absolute atomic E-state index is 0.128. The van der Waals surface area contributed by atoms with Gasteiger partial charge in [-0.3, -0.25) is 9.59 Å². The highest BCUT2D eigenvalue weighted by atomic mass is 16.5. The number of esters is 1. The van der Waals surface area contributed by atoms with Crippen molar-refractivity contribution < 1.29 is 19.1 Å². The molecule has 2 rings (SSSR count). The number of ether oxygens (including phenoxy) is 1. The van der Waals surface area contributed by atoms with Gasteiger partial charge in [-0.1, -0.05) is 19.1 Å². The van der Waals surface area contributed by atoms with E-state index >= 15 is 0 Å². The van der Waals surface area contributed by atoms with Gasteiger partial charge in [0.2, 0.25) is 0 Å². The SMILES string of the molecule is CCc1ccc(NC(=O)[C@H](C)OC(=O)c2[nH]c(C)c(C(C)=O)c2C)cc1. The highest BCUT2D eigenvalue weighted by Gasteiger charge is 2.24. The molecule has 6 heteroatoms. The summed E-state index contributed by atoms with van der Waals surface area (Å²) in [5, 5.41) is 2.72. The maximum absolute atomic E-state index is 12.4. The van der Waals surface area contributed by atoms with Crippen LogP contribution in [0.5, 0.6) is 0 Å². The minimum Gasteiger partial charge on any atom is -0.448 e. The Hall–Kier alpha value is -2.89. The lowest BCUT2D eigenvalue weighted by Crippen LogP contribution is -2.30. The van der Waals surface area contributed by atoms with Gasteiger partial charge < -0.3 is 15.0 Å². The Bertz CT molecular complexity index is 834. The molecule has 6 nitrogen and oxygen atoms in total. The number of hydrogen-bond donors (Lipinski definition) is 2. The van der Waals surface area contributed by atoms with Gasteiger partial charge in [0.1, 0.15) is 5.69 Å². The number of rotatable bonds is 6. The molecule has 1 amide bonds. The molecule has 26 heavy (non-hydrogen) atoms. The number of anilines is 1. The van der Waals surface area contributed by atoms with Gasteiger partial charge in [-0.15, -0.1) is 0 Å². The molecule has 0 aliphatic carbocycles. The molecule has 0 spiro atoms. The van der Waals surface area contributed by atoms with Crippen LogP contribution < -0.4 is 5.32 Å². The van der Waals surface area contributed by atoms with Crippen LogP contribution in [0, 0.1) is 13.8 Å². The van der Waals surface area contributed by atoms with E-state index < -0.39 is 18.0 Å². The van der Waals surface area contributed by atoms with Crippen molar-refractivity contribution in [1.29, 1.82) is 0 Å². The summed E-state index contributed by atoms with van der Waals surface area (Å²) in [6.07, 6.45) is -0.0588. The van der Waals surface area contributed by atoms with E-state index in [0.29, 0.717) is 22.5 Å². The van der Waals surface area contributed by atoms with Crippen molar-refractivity contribution in [2.75, 3.05) is 5.32 Å². The van der Waals surface area contributed by atoms with E-state index in [4.69, 9.17) is 4.74 Å². The quantitative estimate of drug-likeness (QED) is 0.612. The predicted octanol–water partition coefficient (Wildman–Crippen LogP) is 3.58. The Morgan fingerprint density at radius 2 is 1.77 bits per heavy atom. The number of aryl methyl sites for hydroxylation is 2. The van der Waals surface area contributed by atoms with Crippen LogP contribution in [0.2, 0.25) is 0 Å². The fourth-order valence-electron chi connectivity index (χ4n) is 2.82. The maximum atomic E-state index is 12.4. The van der Waals surface area contributed by atoms with E-state index in [1.54, 1.807) is 13.8 Å². The fourth-order valence-corrected chi connectivity index (χ4v) is 2.82. The van der Waals surface area contributed by atoms with Crippen LogP contribution in [-0.4, -0.2) is 28.7 Å². The van der Waals surface area contributed by atoms with Crippen molar-refractivity contribution in [3.8, 4) is 0 Å². The molecule has 2 N–H and O–H groups in total. The third-order valence-electron chi connectivity index (χ3n) is 4.28. The first-order valence-electron chi connectivity index (χ1n) is 8.55. The molecule has 1 aromatic carbocycles. The summed E-state index contributed by atoms with van der Waals surface area (Å²) in [5.74, 6) is -1.21. The van der Waals surface area contributed by atoms with Crippen LogP contribution in [0.25, 0.3) is 0 Å². The first-order valence-corrected chi connectivity index (χ1v) is 8.55. The van der Waals surface area contributed by atoms with E-state index in [9.17, 15) is 14.4 Å². The monoisotopic (exact) mass is 356 g/mol. The first kappa shape index (κ1) is 19.4. The number of aromatic amines is 1. The summed E-state index contributed by atoms with van der Waals surface area (Å²) < 4.78 is 5.25. The van der Waals surface area contributed by atoms with Gasteiger partial charge >= 0.3 is 5.97 Å². The number of carbonyl (C=O) groups is 3. The van der Waals surface area contributed by atoms with Crippen LogP contribution in [0.15, 0.2) is 24.3 Å². The number of amides is 1. The van der Waals surface area contributed by atoms with Gasteiger partial charge in [0.05, 0.1) is 0 Å². The van der Waals surface area contributed by atoms with E-state index in [0.717, 1.165) is 6.42 Å². The number of H-pyrrole nitrogens is 1. The second-order valence-corrected chi connectivity index (χ2v) is 6.27. The van der Waals surface area contributed by atoms with Crippen molar-refractivity contribution in [3.05, 3.63) is 52.3 Å². The minimum atomic E-state index is -0.975. The molecule has 0 radical (unpaired) electrons. The van der Waals surface area contributed by atoms with Crippen LogP contribution in [0.3, 0.4) is 0 Å². The van der Waals surface area contributed by atoms with Gasteiger partial charge in [-0.05, 0) is 57.4 Å². The van der Waals surface area contributed by atoms with Gasteiger partial charge in [-0.2, -0.15) is 0 Å². The molecule has 1 heterocycles. The van der Waals surface area contributed by atoms with Gasteiger partial charge in [0, 0.05) is 16.9 Å². The molecular weight excluding hydrogens is 332 g/mol. The van der Waals surface area contributed by atoms with Crippen LogP contribution >= 0.6 is 0 Å². The largest absolute Gasteiger partial charge is 0.448 e. The average Bonchev–Trinajstić information content (AvgIpc) is 2.90. The third-order valence-corrected chi connectivity index (χ3v) is 4.28. The van der Waals surface area contributed by atoms with Gasteiger partial charge in [0.15, 0.2) is 11.9 Å². The van der Waals surface area contributed by atoms with Crippen molar-refractivity contribution in [2.24, 2.45) is 0 Å². The molecule has 0 bridgehead atoms. The Balaban J connectivity index is 2.05. The van der Waals surface area contributed by atoms with E-state index in [2.05, 4.69) is 17.2 Å². The molecule has 138 valence electrons. The summed E-state index contributed by atoms with van der Waals surface area (Å²) >= 11 is 0. The highest BCUT2D eigenvalue weighted by molar-refractivity contribution is 6.02. The number of aromatic nitrogens is 1. The summed E-state index contributed by atoms with van der Waals surface area (Å²) in [7, 11) is 0. The maximum Gasteiger partial charge on any atom is 0.355 e. The summed E-state index contributed by atoms with van der Waals surface area (Å²) in [5.41, 5.74) is 3.62.